The number of urea groups is 1. The Labute approximate surface area is 174 Å². The van der Waals surface area contributed by atoms with Crippen LogP contribution in [-0.2, 0) is 14.3 Å². The molecule has 0 saturated heterocycles. The highest BCUT2D eigenvalue weighted by molar-refractivity contribution is 6.31. The van der Waals surface area contributed by atoms with Crippen molar-refractivity contribution in [1.82, 2.24) is 5.32 Å². The summed E-state index contributed by atoms with van der Waals surface area (Å²) in [7, 11) is 0. The largest absolute Gasteiger partial charge is 0.452 e. The highest BCUT2D eigenvalue weighted by Gasteiger charge is 2.24. The Bertz CT molecular complexity index is 917. The first-order valence-corrected chi connectivity index (χ1v) is 9.43. The quantitative estimate of drug-likeness (QED) is 0.597. The van der Waals surface area contributed by atoms with E-state index in [1.807, 2.05) is 26.0 Å². The fourth-order valence-electron chi connectivity index (χ4n) is 2.82. The predicted molar refractivity (Wildman–Crippen MR) is 112 cm³/mol. The molecule has 3 amide bonds. The molecule has 0 radical (unpaired) electrons. The van der Waals surface area contributed by atoms with Gasteiger partial charge in [-0.25, -0.2) is 4.79 Å². The molecule has 0 fully saturated rings. The Morgan fingerprint density at radius 2 is 1.83 bits per heavy atom. The number of ether oxygens (including phenoxy) is 1. The SMILES string of the molecule is Cc1ccc(NC(=O)[C@@H](C)OC(=O)C[C@H](NC(N)=O)c2ccccc2Cl)c(C)c1. The monoisotopic (exact) mass is 417 g/mol. The Kier molecular flexibility index (Phi) is 7.61. The van der Waals surface area contributed by atoms with Crippen LogP contribution in [0.5, 0.6) is 0 Å². The molecule has 0 saturated carbocycles. The maximum Gasteiger partial charge on any atom is 0.312 e. The molecule has 8 heteroatoms. The van der Waals surface area contributed by atoms with E-state index in [0.29, 0.717) is 16.3 Å². The third-order valence-corrected chi connectivity index (χ3v) is 4.63. The van der Waals surface area contributed by atoms with Crippen molar-refractivity contribution in [1.29, 1.82) is 0 Å². The van der Waals surface area contributed by atoms with Gasteiger partial charge in [0.2, 0.25) is 0 Å². The first kappa shape index (κ1) is 22.2. The molecule has 0 aromatic heterocycles. The molecule has 0 aliphatic heterocycles. The lowest BCUT2D eigenvalue weighted by molar-refractivity contribution is -0.153. The van der Waals surface area contributed by atoms with E-state index in [4.69, 9.17) is 22.1 Å². The third kappa shape index (κ3) is 6.50. The smallest absolute Gasteiger partial charge is 0.312 e. The van der Waals surface area contributed by atoms with Crippen LogP contribution in [0.4, 0.5) is 10.5 Å². The predicted octanol–water partition coefficient (Wildman–Crippen LogP) is 3.63. The second kappa shape index (κ2) is 9.93. The minimum atomic E-state index is -1.02. The fourth-order valence-corrected chi connectivity index (χ4v) is 3.09. The number of anilines is 1. The number of aryl methyl sites for hydroxylation is 2. The van der Waals surface area contributed by atoms with Gasteiger partial charge >= 0.3 is 12.0 Å². The molecule has 2 aromatic rings. The number of halogens is 1. The number of esters is 1. The van der Waals surface area contributed by atoms with Gasteiger partial charge in [-0.05, 0) is 44.0 Å². The third-order valence-electron chi connectivity index (χ3n) is 4.29. The topological polar surface area (TPSA) is 111 Å². The molecule has 7 nitrogen and oxygen atoms in total. The lowest BCUT2D eigenvalue weighted by atomic mass is 10.0. The van der Waals surface area contributed by atoms with E-state index in [1.165, 1.54) is 6.92 Å². The van der Waals surface area contributed by atoms with Crippen molar-refractivity contribution in [2.75, 3.05) is 5.32 Å². The number of rotatable bonds is 7. The van der Waals surface area contributed by atoms with Gasteiger partial charge in [-0.3, -0.25) is 9.59 Å². The molecule has 0 bridgehead atoms. The first-order valence-electron chi connectivity index (χ1n) is 9.05. The zero-order valence-corrected chi connectivity index (χ0v) is 17.2. The number of primary amides is 1. The van der Waals surface area contributed by atoms with Gasteiger partial charge in [0.15, 0.2) is 6.10 Å². The van der Waals surface area contributed by atoms with E-state index in [2.05, 4.69) is 10.6 Å². The lowest BCUT2D eigenvalue weighted by Crippen LogP contribution is -2.36. The van der Waals surface area contributed by atoms with Crippen molar-refractivity contribution in [2.45, 2.75) is 39.3 Å². The van der Waals surface area contributed by atoms with Gasteiger partial charge in [0, 0.05) is 10.7 Å². The molecular formula is C21H24ClN3O4. The summed E-state index contributed by atoms with van der Waals surface area (Å²) in [5, 5.41) is 5.59. The molecule has 2 rings (SSSR count). The van der Waals surface area contributed by atoms with Crippen molar-refractivity contribution >= 4 is 35.2 Å². The van der Waals surface area contributed by atoms with Crippen molar-refractivity contribution in [3.05, 3.63) is 64.2 Å². The molecule has 0 aliphatic carbocycles. The highest BCUT2D eigenvalue weighted by Crippen LogP contribution is 2.25. The van der Waals surface area contributed by atoms with Gasteiger partial charge in [0.05, 0.1) is 12.5 Å². The van der Waals surface area contributed by atoms with Crippen LogP contribution in [-0.4, -0.2) is 24.0 Å². The number of carbonyl (C=O) groups excluding carboxylic acids is 3. The number of carbonyl (C=O) groups is 3. The van der Waals surface area contributed by atoms with E-state index in [1.54, 1.807) is 30.3 Å². The van der Waals surface area contributed by atoms with Gasteiger partial charge < -0.3 is 21.1 Å². The average Bonchev–Trinajstić information content (AvgIpc) is 2.63. The summed E-state index contributed by atoms with van der Waals surface area (Å²) in [5.74, 6) is -1.13. The van der Waals surface area contributed by atoms with Gasteiger partial charge in [0.1, 0.15) is 0 Å². The molecule has 0 aliphatic rings. The summed E-state index contributed by atoms with van der Waals surface area (Å²) in [6, 6.07) is 10.8. The van der Waals surface area contributed by atoms with Crippen molar-refractivity contribution < 1.29 is 19.1 Å². The average molecular weight is 418 g/mol. The molecule has 0 heterocycles. The van der Waals surface area contributed by atoms with Crippen LogP contribution in [0.2, 0.25) is 5.02 Å². The van der Waals surface area contributed by atoms with Crippen LogP contribution < -0.4 is 16.4 Å². The Morgan fingerprint density at radius 1 is 1.14 bits per heavy atom. The molecular weight excluding hydrogens is 394 g/mol. The minimum Gasteiger partial charge on any atom is -0.452 e. The van der Waals surface area contributed by atoms with Crippen LogP contribution in [0.1, 0.15) is 36.1 Å². The fraction of sp³-hybridized carbons (Fsp3) is 0.286. The van der Waals surface area contributed by atoms with Crippen molar-refractivity contribution in [2.24, 2.45) is 5.73 Å². The van der Waals surface area contributed by atoms with Gasteiger partial charge in [-0.1, -0.05) is 47.5 Å². The van der Waals surface area contributed by atoms with Crippen LogP contribution in [0.15, 0.2) is 42.5 Å². The molecule has 4 N–H and O–H groups in total. The highest BCUT2D eigenvalue weighted by atomic mass is 35.5. The summed E-state index contributed by atoms with van der Waals surface area (Å²) in [6.07, 6.45) is -1.25. The number of hydrogen-bond acceptors (Lipinski definition) is 4. The second-order valence-corrected chi connectivity index (χ2v) is 7.13. The van der Waals surface area contributed by atoms with Gasteiger partial charge in [-0.15, -0.1) is 0 Å². The zero-order valence-electron chi connectivity index (χ0n) is 16.5. The number of nitrogens with one attached hydrogen (secondary N) is 2. The Morgan fingerprint density at radius 3 is 2.45 bits per heavy atom. The first-order chi connectivity index (χ1) is 13.7. The maximum atomic E-state index is 12.4. The van der Waals surface area contributed by atoms with Gasteiger partial charge in [0.25, 0.3) is 5.91 Å². The summed E-state index contributed by atoms with van der Waals surface area (Å²) in [4.78, 5) is 36.1. The number of hydrogen-bond donors (Lipinski definition) is 3. The standard InChI is InChI=1S/C21H24ClN3O4/c1-12-8-9-17(13(2)10-12)24-20(27)14(3)29-19(26)11-18(25-21(23)28)15-6-4-5-7-16(15)22/h4-10,14,18H,11H2,1-3H3,(H,24,27)(H3,23,25,28)/t14-,18+/m1/s1. The molecule has 0 spiro atoms. The Hall–Kier alpha value is -3.06. The van der Waals surface area contributed by atoms with Crippen LogP contribution in [0.3, 0.4) is 0 Å². The summed E-state index contributed by atoms with van der Waals surface area (Å²) >= 11 is 6.15. The van der Waals surface area contributed by atoms with Crippen LogP contribution in [0, 0.1) is 13.8 Å². The van der Waals surface area contributed by atoms with Crippen molar-refractivity contribution in [3.63, 3.8) is 0 Å². The van der Waals surface area contributed by atoms with E-state index in [9.17, 15) is 14.4 Å². The molecule has 0 unspecified atom stereocenters. The number of nitrogens with two attached hydrogens (primary N) is 1. The van der Waals surface area contributed by atoms with Crippen LogP contribution in [0.25, 0.3) is 0 Å². The molecule has 2 atom stereocenters. The number of amides is 3. The van der Waals surface area contributed by atoms with E-state index >= 15 is 0 Å². The normalized spacial score (nSPS) is 12.6. The van der Waals surface area contributed by atoms with Crippen LogP contribution >= 0.6 is 11.6 Å². The van der Waals surface area contributed by atoms with E-state index in [-0.39, 0.29) is 6.42 Å². The Balaban J connectivity index is 2.02. The summed E-state index contributed by atoms with van der Waals surface area (Å²) in [6.45, 7) is 5.31. The van der Waals surface area contributed by atoms with E-state index in [0.717, 1.165) is 11.1 Å². The minimum absolute atomic E-state index is 0.228. The van der Waals surface area contributed by atoms with Crippen molar-refractivity contribution in [3.8, 4) is 0 Å². The maximum absolute atomic E-state index is 12.4. The zero-order chi connectivity index (χ0) is 21.6. The second-order valence-electron chi connectivity index (χ2n) is 6.73. The van der Waals surface area contributed by atoms with Gasteiger partial charge in [-0.2, -0.15) is 0 Å². The molecule has 154 valence electrons. The molecule has 2 aromatic carbocycles. The lowest BCUT2D eigenvalue weighted by Gasteiger charge is -2.20. The summed E-state index contributed by atoms with van der Waals surface area (Å²) in [5.41, 5.74) is 8.36. The number of benzene rings is 2. The summed E-state index contributed by atoms with van der Waals surface area (Å²) < 4.78 is 5.24. The van der Waals surface area contributed by atoms with E-state index < -0.39 is 30.1 Å². The molecule has 29 heavy (non-hydrogen) atoms.